The summed E-state index contributed by atoms with van der Waals surface area (Å²) in [6.45, 7) is 6.32. The minimum atomic E-state index is 0.119. The Morgan fingerprint density at radius 1 is 1.25 bits per heavy atom. The van der Waals surface area contributed by atoms with Crippen LogP contribution in [0.2, 0.25) is 0 Å². The van der Waals surface area contributed by atoms with Crippen molar-refractivity contribution in [1.29, 1.82) is 0 Å². The van der Waals surface area contributed by atoms with Crippen molar-refractivity contribution in [3.05, 3.63) is 17.6 Å². The van der Waals surface area contributed by atoms with Gasteiger partial charge in [0.25, 0.3) is 0 Å². The van der Waals surface area contributed by atoms with Crippen LogP contribution in [0.3, 0.4) is 0 Å². The Hall–Kier alpha value is -1.16. The topological polar surface area (TPSA) is 61.0 Å². The molecule has 1 rings (SSSR count). The van der Waals surface area contributed by atoms with Crippen LogP contribution < -0.4 is 5.73 Å². The van der Waals surface area contributed by atoms with Crippen LogP contribution in [0.15, 0.2) is 6.07 Å². The molecule has 90 valence electrons. The molecule has 0 amide bonds. The van der Waals surface area contributed by atoms with Gasteiger partial charge in [0.2, 0.25) is 0 Å². The number of nitrogen functional groups attached to an aromatic ring is 1. The van der Waals surface area contributed by atoms with E-state index in [0.29, 0.717) is 18.2 Å². The third-order valence-electron chi connectivity index (χ3n) is 2.34. The van der Waals surface area contributed by atoms with Gasteiger partial charge in [0.15, 0.2) is 0 Å². The predicted molar refractivity (Wildman–Crippen MR) is 65.2 cm³/mol. The zero-order valence-corrected chi connectivity index (χ0v) is 10.5. The van der Waals surface area contributed by atoms with E-state index in [4.69, 9.17) is 10.5 Å². The standard InChI is InChI=1S/C12H21N3O/c1-8(2)5-10-7-11(13)15-12(14-10)6-9(3)16-4/h7-9H,5-6H2,1-4H3,(H2,13,14,15). The number of nitrogens with two attached hydrogens (primary N) is 1. The third-order valence-corrected chi connectivity index (χ3v) is 2.34. The van der Waals surface area contributed by atoms with Crippen molar-refractivity contribution in [1.82, 2.24) is 9.97 Å². The van der Waals surface area contributed by atoms with E-state index in [0.717, 1.165) is 17.9 Å². The number of methoxy groups -OCH3 is 1. The summed E-state index contributed by atoms with van der Waals surface area (Å²) in [5.74, 6) is 1.89. The second-order valence-corrected chi connectivity index (χ2v) is 4.55. The van der Waals surface area contributed by atoms with Crippen LogP contribution >= 0.6 is 0 Å². The van der Waals surface area contributed by atoms with E-state index in [1.54, 1.807) is 7.11 Å². The first-order valence-corrected chi connectivity index (χ1v) is 5.66. The van der Waals surface area contributed by atoms with Gasteiger partial charge in [-0.2, -0.15) is 0 Å². The Morgan fingerprint density at radius 2 is 1.94 bits per heavy atom. The molecule has 0 aliphatic rings. The van der Waals surface area contributed by atoms with Gasteiger partial charge in [-0.3, -0.25) is 0 Å². The lowest BCUT2D eigenvalue weighted by atomic mass is 10.1. The van der Waals surface area contributed by atoms with E-state index < -0.39 is 0 Å². The van der Waals surface area contributed by atoms with Gasteiger partial charge < -0.3 is 10.5 Å². The lowest BCUT2D eigenvalue weighted by Crippen LogP contribution is -2.13. The van der Waals surface area contributed by atoms with Gasteiger partial charge in [-0.15, -0.1) is 0 Å². The van der Waals surface area contributed by atoms with Crippen LogP contribution in [-0.4, -0.2) is 23.2 Å². The number of ether oxygens (including phenoxy) is 1. The van der Waals surface area contributed by atoms with Crippen LogP contribution in [0.25, 0.3) is 0 Å². The van der Waals surface area contributed by atoms with E-state index in [1.807, 2.05) is 13.0 Å². The van der Waals surface area contributed by atoms with Crippen molar-refractivity contribution in [2.75, 3.05) is 12.8 Å². The normalized spacial score (nSPS) is 13.1. The summed E-state index contributed by atoms with van der Waals surface area (Å²) in [4.78, 5) is 8.71. The number of nitrogens with zero attached hydrogens (tertiary/aromatic N) is 2. The fourth-order valence-corrected chi connectivity index (χ4v) is 1.53. The summed E-state index contributed by atoms with van der Waals surface area (Å²) in [7, 11) is 1.69. The minimum Gasteiger partial charge on any atom is -0.384 e. The molecule has 0 spiro atoms. The van der Waals surface area contributed by atoms with Gasteiger partial charge in [-0.1, -0.05) is 13.8 Å². The molecule has 0 saturated carbocycles. The molecular formula is C12H21N3O. The highest BCUT2D eigenvalue weighted by Crippen LogP contribution is 2.10. The van der Waals surface area contributed by atoms with Gasteiger partial charge >= 0.3 is 0 Å². The molecule has 1 aromatic rings. The Morgan fingerprint density at radius 3 is 2.50 bits per heavy atom. The molecule has 1 atom stereocenters. The Balaban J connectivity index is 2.81. The first kappa shape index (κ1) is 12.9. The molecule has 1 heterocycles. The fourth-order valence-electron chi connectivity index (χ4n) is 1.53. The van der Waals surface area contributed by atoms with E-state index in [2.05, 4.69) is 23.8 Å². The molecule has 1 aromatic heterocycles. The zero-order valence-electron chi connectivity index (χ0n) is 10.5. The zero-order chi connectivity index (χ0) is 12.1. The van der Waals surface area contributed by atoms with Crippen LogP contribution in [0.1, 0.15) is 32.3 Å². The van der Waals surface area contributed by atoms with Gasteiger partial charge in [0, 0.05) is 25.3 Å². The fraction of sp³-hybridized carbons (Fsp3) is 0.667. The van der Waals surface area contributed by atoms with Crippen LogP contribution in [0, 0.1) is 5.92 Å². The molecule has 0 aliphatic heterocycles. The van der Waals surface area contributed by atoms with E-state index in [1.165, 1.54) is 0 Å². The molecule has 4 heteroatoms. The number of hydrogen-bond donors (Lipinski definition) is 1. The van der Waals surface area contributed by atoms with Crippen LogP contribution in [-0.2, 0) is 17.6 Å². The highest BCUT2D eigenvalue weighted by Gasteiger charge is 2.08. The predicted octanol–water partition coefficient (Wildman–Crippen LogP) is 1.83. The molecule has 0 aromatic carbocycles. The first-order chi connectivity index (χ1) is 7.51. The molecule has 0 bridgehead atoms. The second kappa shape index (κ2) is 5.80. The largest absolute Gasteiger partial charge is 0.384 e. The second-order valence-electron chi connectivity index (χ2n) is 4.55. The van der Waals surface area contributed by atoms with Crippen molar-refractivity contribution in [3.8, 4) is 0 Å². The van der Waals surface area contributed by atoms with Crippen LogP contribution in [0.4, 0.5) is 5.82 Å². The summed E-state index contributed by atoms with van der Waals surface area (Å²) < 4.78 is 5.19. The van der Waals surface area contributed by atoms with Gasteiger partial charge in [-0.25, -0.2) is 9.97 Å². The van der Waals surface area contributed by atoms with Gasteiger partial charge in [0.1, 0.15) is 11.6 Å². The molecule has 0 radical (unpaired) electrons. The molecule has 0 aliphatic carbocycles. The number of anilines is 1. The Labute approximate surface area is 97.2 Å². The van der Waals surface area contributed by atoms with E-state index >= 15 is 0 Å². The molecule has 0 fully saturated rings. The summed E-state index contributed by atoms with van der Waals surface area (Å²) >= 11 is 0. The average Bonchev–Trinajstić information content (AvgIpc) is 2.15. The summed E-state index contributed by atoms with van der Waals surface area (Å²) in [6.07, 6.45) is 1.75. The molecule has 1 unspecified atom stereocenters. The number of rotatable bonds is 5. The monoisotopic (exact) mass is 223 g/mol. The molecule has 4 nitrogen and oxygen atoms in total. The Bertz CT molecular complexity index is 339. The maximum atomic E-state index is 5.76. The minimum absolute atomic E-state index is 0.119. The highest BCUT2D eigenvalue weighted by atomic mass is 16.5. The highest BCUT2D eigenvalue weighted by molar-refractivity contribution is 5.30. The Kier molecular flexibility index (Phi) is 4.68. The first-order valence-electron chi connectivity index (χ1n) is 5.66. The van der Waals surface area contributed by atoms with Crippen LogP contribution in [0.5, 0.6) is 0 Å². The molecule has 2 N–H and O–H groups in total. The van der Waals surface area contributed by atoms with E-state index in [9.17, 15) is 0 Å². The lowest BCUT2D eigenvalue weighted by Gasteiger charge is -2.10. The molecule has 0 saturated heterocycles. The number of hydrogen-bond acceptors (Lipinski definition) is 4. The lowest BCUT2D eigenvalue weighted by molar-refractivity contribution is 0.117. The van der Waals surface area contributed by atoms with Crippen molar-refractivity contribution in [2.24, 2.45) is 5.92 Å². The summed E-state index contributed by atoms with van der Waals surface area (Å²) in [5, 5.41) is 0. The van der Waals surface area contributed by atoms with Crippen molar-refractivity contribution < 1.29 is 4.74 Å². The van der Waals surface area contributed by atoms with Crippen molar-refractivity contribution >= 4 is 5.82 Å². The van der Waals surface area contributed by atoms with Gasteiger partial charge in [0.05, 0.1) is 6.10 Å². The van der Waals surface area contributed by atoms with Crippen molar-refractivity contribution in [3.63, 3.8) is 0 Å². The summed E-state index contributed by atoms with van der Waals surface area (Å²) in [6, 6.07) is 1.85. The summed E-state index contributed by atoms with van der Waals surface area (Å²) in [5.41, 5.74) is 6.78. The molecule has 16 heavy (non-hydrogen) atoms. The smallest absolute Gasteiger partial charge is 0.133 e. The maximum Gasteiger partial charge on any atom is 0.133 e. The maximum absolute atomic E-state index is 5.76. The third kappa shape index (κ3) is 4.14. The SMILES string of the molecule is COC(C)Cc1nc(N)cc(CC(C)C)n1. The van der Waals surface area contributed by atoms with Crippen molar-refractivity contribution in [2.45, 2.75) is 39.7 Å². The number of aromatic nitrogens is 2. The van der Waals surface area contributed by atoms with Gasteiger partial charge in [-0.05, 0) is 19.3 Å². The quantitative estimate of drug-likeness (QED) is 0.827. The average molecular weight is 223 g/mol. The molecular weight excluding hydrogens is 202 g/mol. The van der Waals surface area contributed by atoms with E-state index in [-0.39, 0.29) is 6.10 Å².